The number of anilines is 1. The molecule has 1 heterocycles. The van der Waals surface area contributed by atoms with Crippen LogP contribution in [0.5, 0.6) is 5.75 Å². The van der Waals surface area contributed by atoms with Crippen LogP contribution >= 0.6 is 0 Å². The van der Waals surface area contributed by atoms with Gasteiger partial charge in [0.25, 0.3) is 5.91 Å². The fourth-order valence-electron chi connectivity index (χ4n) is 1.29. The van der Waals surface area contributed by atoms with Crippen LogP contribution in [-0.2, 0) is 4.79 Å². The van der Waals surface area contributed by atoms with Gasteiger partial charge in [0.1, 0.15) is 5.75 Å². The minimum Gasteiger partial charge on any atom is -0.497 e. The molecule has 0 aliphatic carbocycles. The second kappa shape index (κ2) is 3.49. The van der Waals surface area contributed by atoms with Gasteiger partial charge >= 0.3 is 0 Å². The summed E-state index contributed by atoms with van der Waals surface area (Å²) in [5.74, 6) is 0.763. The number of carbonyl (C=O) groups excluding carboxylic acids is 1. The smallest absolute Gasteiger partial charge is 0.252 e. The predicted molar refractivity (Wildman–Crippen MR) is 53.6 cm³/mol. The Morgan fingerprint density at radius 2 is 2.07 bits per heavy atom. The van der Waals surface area contributed by atoms with Crippen LogP contribution in [0.3, 0.4) is 0 Å². The average molecular weight is 190 g/mol. The Labute approximate surface area is 81.8 Å². The van der Waals surface area contributed by atoms with E-state index in [9.17, 15) is 4.79 Å². The van der Waals surface area contributed by atoms with E-state index < -0.39 is 0 Å². The summed E-state index contributed by atoms with van der Waals surface area (Å²) >= 11 is 0. The Hall–Kier alpha value is -1.84. The minimum atomic E-state index is -0.00448. The van der Waals surface area contributed by atoms with Crippen LogP contribution in [0, 0.1) is 0 Å². The molecule has 1 amide bonds. The third kappa shape index (κ3) is 1.46. The molecule has 0 atom stereocenters. The molecule has 0 N–H and O–H groups in total. The summed E-state index contributed by atoms with van der Waals surface area (Å²) in [7, 11) is 1.61. The van der Waals surface area contributed by atoms with E-state index in [0.717, 1.165) is 11.4 Å². The number of methoxy groups -OCH3 is 1. The molecular formula is C10H10N2O2. The van der Waals surface area contributed by atoms with Gasteiger partial charge in [0, 0.05) is 6.21 Å². The van der Waals surface area contributed by atoms with Gasteiger partial charge in [0.05, 0.1) is 19.2 Å². The van der Waals surface area contributed by atoms with Crippen LogP contribution in [0.4, 0.5) is 5.69 Å². The van der Waals surface area contributed by atoms with Gasteiger partial charge in [0.15, 0.2) is 0 Å². The first-order valence-corrected chi connectivity index (χ1v) is 4.31. The van der Waals surface area contributed by atoms with E-state index in [1.807, 2.05) is 0 Å². The molecular weight excluding hydrogens is 180 g/mol. The largest absolute Gasteiger partial charge is 0.497 e. The number of carbonyl (C=O) groups is 1. The number of hydrazone groups is 1. The molecule has 0 unspecified atom stereocenters. The van der Waals surface area contributed by atoms with Gasteiger partial charge in [-0.1, -0.05) is 0 Å². The van der Waals surface area contributed by atoms with Crippen molar-refractivity contribution < 1.29 is 9.53 Å². The van der Waals surface area contributed by atoms with Gasteiger partial charge in [-0.15, -0.1) is 0 Å². The van der Waals surface area contributed by atoms with E-state index in [4.69, 9.17) is 4.74 Å². The van der Waals surface area contributed by atoms with Crippen molar-refractivity contribution in [2.45, 2.75) is 6.42 Å². The van der Waals surface area contributed by atoms with Gasteiger partial charge in [-0.2, -0.15) is 5.10 Å². The molecule has 0 saturated heterocycles. The van der Waals surface area contributed by atoms with Gasteiger partial charge < -0.3 is 4.74 Å². The van der Waals surface area contributed by atoms with Crippen molar-refractivity contribution in [2.24, 2.45) is 5.10 Å². The standard InChI is InChI=1S/C10H10N2O2/c1-14-9-4-2-8(3-5-9)12-10(13)6-7-11-12/h2-5,7H,6H2,1H3. The fourth-order valence-corrected chi connectivity index (χ4v) is 1.29. The molecule has 0 fully saturated rings. The summed E-state index contributed by atoms with van der Waals surface area (Å²) in [4.78, 5) is 11.3. The Balaban J connectivity index is 2.24. The van der Waals surface area contributed by atoms with Crippen molar-refractivity contribution in [1.29, 1.82) is 0 Å². The number of ether oxygens (including phenoxy) is 1. The monoisotopic (exact) mass is 190 g/mol. The molecule has 1 aliphatic rings. The molecule has 1 aromatic carbocycles. The lowest BCUT2D eigenvalue weighted by Crippen LogP contribution is -2.19. The molecule has 0 aromatic heterocycles. The molecule has 4 nitrogen and oxygen atoms in total. The number of nitrogens with zero attached hydrogens (tertiary/aromatic N) is 2. The van der Waals surface area contributed by atoms with Gasteiger partial charge in [0.2, 0.25) is 0 Å². The quantitative estimate of drug-likeness (QED) is 0.707. The Bertz CT molecular complexity index is 370. The van der Waals surface area contributed by atoms with E-state index in [2.05, 4.69) is 5.10 Å². The lowest BCUT2D eigenvalue weighted by molar-refractivity contribution is -0.116. The van der Waals surface area contributed by atoms with Crippen molar-refractivity contribution >= 4 is 17.8 Å². The summed E-state index contributed by atoms with van der Waals surface area (Å²) in [6.07, 6.45) is 1.98. The van der Waals surface area contributed by atoms with Crippen LogP contribution < -0.4 is 9.75 Å². The highest BCUT2D eigenvalue weighted by Crippen LogP contribution is 2.21. The summed E-state index contributed by atoms with van der Waals surface area (Å²) in [6, 6.07) is 7.21. The highest BCUT2D eigenvalue weighted by Gasteiger charge is 2.17. The normalized spacial score (nSPS) is 14.9. The molecule has 0 saturated carbocycles. The number of benzene rings is 1. The van der Waals surface area contributed by atoms with E-state index in [0.29, 0.717) is 6.42 Å². The SMILES string of the molecule is COc1ccc(N2N=CCC2=O)cc1. The maximum atomic E-state index is 11.3. The molecule has 0 spiro atoms. The third-order valence-corrected chi connectivity index (χ3v) is 2.02. The first kappa shape index (κ1) is 8.74. The molecule has 0 bridgehead atoms. The zero-order valence-corrected chi connectivity index (χ0v) is 7.80. The summed E-state index contributed by atoms with van der Waals surface area (Å²) in [6.45, 7) is 0. The first-order chi connectivity index (χ1) is 6.81. The Morgan fingerprint density at radius 1 is 1.36 bits per heavy atom. The Kier molecular flexibility index (Phi) is 2.18. The first-order valence-electron chi connectivity index (χ1n) is 4.31. The number of rotatable bonds is 2. The molecule has 1 aliphatic heterocycles. The van der Waals surface area contributed by atoms with E-state index in [1.165, 1.54) is 5.01 Å². The van der Waals surface area contributed by atoms with Crippen molar-refractivity contribution in [3.63, 3.8) is 0 Å². The van der Waals surface area contributed by atoms with Crippen LogP contribution in [0.1, 0.15) is 6.42 Å². The van der Waals surface area contributed by atoms with Crippen LogP contribution in [-0.4, -0.2) is 19.2 Å². The topological polar surface area (TPSA) is 41.9 Å². The van der Waals surface area contributed by atoms with Crippen LogP contribution in [0.25, 0.3) is 0 Å². The lowest BCUT2D eigenvalue weighted by Gasteiger charge is -2.11. The number of hydrogen-bond acceptors (Lipinski definition) is 3. The lowest BCUT2D eigenvalue weighted by atomic mass is 10.3. The molecule has 4 heteroatoms. The van der Waals surface area contributed by atoms with E-state index in [-0.39, 0.29) is 5.91 Å². The highest BCUT2D eigenvalue weighted by atomic mass is 16.5. The zero-order chi connectivity index (χ0) is 9.97. The van der Waals surface area contributed by atoms with Crippen LogP contribution in [0.2, 0.25) is 0 Å². The van der Waals surface area contributed by atoms with Crippen molar-refractivity contribution in [2.75, 3.05) is 12.1 Å². The van der Waals surface area contributed by atoms with Gasteiger partial charge in [-0.3, -0.25) is 4.79 Å². The average Bonchev–Trinajstić information content (AvgIpc) is 2.65. The van der Waals surface area contributed by atoms with Gasteiger partial charge in [-0.25, -0.2) is 5.01 Å². The second-order valence-electron chi connectivity index (χ2n) is 2.91. The minimum absolute atomic E-state index is 0.00448. The Morgan fingerprint density at radius 3 is 2.57 bits per heavy atom. The zero-order valence-electron chi connectivity index (χ0n) is 7.80. The summed E-state index contributed by atoms with van der Waals surface area (Å²) in [5, 5.41) is 5.35. The summed E-state index contributed by atoms with van der Waals surface area (Å²) < 4.78 is 5.02. The predicted octanol–water partition coefficient (Wildman–Crippen LogP) is 1.42. The number of hydrogen-bond donors (Lipinski definition) is 0. The maximum Gasteiger partial charge on any atom is 0.252 e. The molecule has 2 rings (SSSR count). The molecule has 14 heavy (non-hydrogen) atoms. The van der Waals surface area contributed by atoms with Crippen molar-refractivity contribution in [3.05, 3.63) is 24.3 Å². The fraction of sp³-hybridized carbons (Fsp3) is 0.200. The van der Waals surface area contributed by atoms with Gasteiger partial charge in [-0.05, 0) is 24.3 Å². The third-order valence-electron chi connectivity index (χ3n) is 2.02. The maximum absolute atomic E-state index is 11.3. The van der Waals surface area contributed by atoms with E-state index >= 15 is 0 Å². The molecule has 0 radical (unpaired) electrons. The van der Waals surface area contributed by atoms with E-state index in [1.54, 1.807) is 37.6 Å². The molecule has 1 aromatic rings. The van der Waals surface area contributed by atoms with Crippen LogP contribution in [0.15, 0.2) is 29.4 Å². The highest BCUT2D eigenvalue weighted by molar-refractivity contribution is 6.05. The molecule has 72 valence electrons. The number of amides is 1. The van der Waals surface area contributed by atoms with Crippen molar-refractivity contribution in [1.82, 2.24) is 0 Å². The van der Waals surface area contributed by atoms with Crippen molar-refractivity contribution in [3.8, 4) is 5.75 Å². The summed E-state index contributed by atoms with van der Waals surface area (Å²) in [5.41, 5.74) is 0.768. The second-order valence-corrected chi connectivity index (χ2v) is 2.91.